The van der Waals surface area contributed by atoms with Crippen LogP contribution in [0.2, 0.25) is 0 Å². The fourth-order valence-electron chi connectivity index (χ4n) is 6.07. The molecule has 0 aliphatic carbocycles. The molecule has 0 radical (unpaired) electrons. The zero-order chi connectivity index (χ0) is 34.7. The van der Waals surface area contributed by atoms with Crippen molar-refractivity contribution in [2.75, 3.05) is 0 Å². The summed E-state index contributed by atoms with van der Waals surface area (Å²) in [6, 6.07) is 52.0. The Morgan fingerprint density at radius 1 is 0.308 bits per heavy atom. The molecule has 0 bridgehead atoms. The minimum Gasteiger partial charge on any atom is -0.264 e. The summed E-state index contributed by atoms with van der Waals surface area (Å²) in [6.45, 7) is 0. The first-order chi connectivity index (χ1) is 25.7. The number of pyridine rings is 1. The molecule has 0 saturated heterocycles. The van der Waals surface area contributed by atoms with Gasteiger partial charge in [-0.1, -0.05) is 133 Å². The average Bonchev–Trinajstić information content (AvgIpc) is 3.24. The van der Waals surface area contributed by atoms with E-state index in [-0.39, 0.29) is 0 Å². The van der Waals surface area contributed by atoms with E-state index in [1.165, 1.54) is 0 Å². The van der Waals surface area contributed by atoms with Crippen LogP contribution in [0.5, 0.6) is 0 Å². The molecule has 0 N–H and O–H groups in total. The van der Waals surface area contributed by atoms with Gasteiger partial charge in [0.15, 0.2) is 29.1 Å². The molecular weight excluding hydrogens is 641 g/mol. The Hall–Kier alpha value is -7.32. The molecule has 0 aliphatic heterocycles. The molecule has 5 aromatic carbocycles. The Kier molecular flexibility index (Phi) is 7.99. The van der Waals surface area contributed by atoms with E-state index in [0.717, 1.165) is 55.7 Å². The lowest BCUT2D eigenvalue weighted by Crippen LogP contribution is -2.03. The molecule has 4 aromatic heterocycles. The van der Waals surface area contributed by atoms with Gasteiger partial charge in [0.05, 0.1) is 16.9 Å². The molecule has 0 amide bonds. The molecule has 244 valence electrons. The highest BCUT2D eigenvalue weighted by molar-refractivity contribution is 5.94. The van der Waals surface area contributed by atoms with E-state index in [1.54, 1.807) is 12.4 Å². The van der Waals surface area contributed by atoms with Crippen LogP contribution in [-0.4, -0.2) is 39.9 Å². The second-order valence-electron chi connectivity index (χ2n) is 12.1. The summed E-state index contributed by atoms with van der Waals surface area (Å²) in [7, 11) is 0. The molecule has 52 heavy (non-hydrogen) atoms. The number of hydrogen-bond acceptors (Lipinski definition) is 8. The summed E-state index contributed by atoms with van der Waals surface area (Å²) in [5.41, 5.74) is 8.46. The second kappa shape index (κ2) is 13.5. The van der Waals surface area contributed by atoms with Gasteiger partial charge in [0.1, 0.15) is 5.69 Å². The molecule has 9 rings (SSSR count). The average molecular weight is 669 g/mol. The lowest BCUT2D eigenvalue weighted by Gasteiger charge is -2.12. The highest BCUT2D eigenvalue weighted by atomic mass is 15.1. The minimum absolute atomic E-state index is 0.436. The first-order valence-corrected chi connectivity index (χ1v) is 16.8. The number of aromatic nitrogens is 8. The van der Waals surface area contributed by atoms with E-state index in [0.29, 0.717) is 34.8 Å². The van der Waals surface area contributed by atoms with Crippen molar-refractivity contribution >= 4 is 10.9 Å². The molecule has 4 heterocycles. The largest absolute Gasteiger partial charge is 0.264 e. The van der Waals surface area contributed by atoms with Crippen molar-refractivity contribution in [2.24, 2.45) is 0 Å². The van der Waals surface area contributed by atoms with Gasteiger partial charge in [-0.25, -0.2) is 34.9 Å². The normalized spacial score (nSPS) is 11.1. The fraction of sp³-hybridized carbons (Fsp3) is 0. The van der Waals surface area contributed by atoms with Crippen LogP contribution < -0.4 is 0 Å². The van der Waals surface area contributed by atoms with Crippen LogP contribution >= 0.6 is 0 Å². The smallest absolute Gasteiger partial charge is 0.182 e. The van der Waals surface area contributed by atoms with Gasteiger partial charge >= 0.3 is 0 Å². The number of fused-ring (bicyclic) bond motifs is 1. The van der Waals surface area contributed by atoms with Gasteiger partial charge in [0, 0.05) is 51.2 Å². The fourth-order valence-corrected chi connectivity index (χ4v) is 6.07. The zero-order valence-electron chi connectivity index (χ0n) is 27.7. The van der Waals surface area contributed by atoms with Gasteiger partial charge in [-0.15, -0.1) is 0 Å². The van der Waals surface area contributed by atoms with Crippen molar-refractivity contribution in [2.45, 2.75) is 0 Å². The Morgan fingerprint density at radius 2 is 0.808 bits per heavy atom. The Morgan fingerprint density at radius 3 is 1.44 bits per heavy atom. The van der Waals surface area contributed by atoms with Crippen molar-refractivity contribution in [1.82, 2.24) is 39.9 Å². The van der Waals surface area contributed by atoms with Crippen molar-refractivity contribution < 1.29 is 0 Å². The SMILES string of the molecule is c1ccc(-c2nc(-c3ccc(-c4nc(-c5ccccc5)nc5ccccc45)cc3)cc(-c3nc(-c4ccccc4)nc(-c4cccnc4)n3)n2)cc1. The Labute approximate surface area is 299 Å². The maximum Gasteiger partial charge on any atom is 0.182 e. The number of hydrogen-bond donors (Lipinski definition) is 0. The van der Waals surface area contributed by atoms with Crippen LogP contribution in [0.25, 0.3) is 90.5 Å². The van der Waals surface area contributed by atoms with Crippen molar-refractivity contribution in [1.29, 1.82) is 0 Å². The third kappa shape index (κ3) is 6.16. The highest BCUT2D eigenvalue weighted by Crippen LogP contribution is 2.33. The molecule has 8 nitrogen and oxygen atoms in total. The van der Waals surface area contributed by atoms with Gasteiger partial charge < -0.3 is 0 Å². The highest BCUT2D eigenvalue weighted by Gasteiger charge is 2.17. The van der Waals surface area contributed by atoms with Crippen molar-refractivity contribution in [3.8, 4) is 79.6 Å². The summed E-state index contributed by atoms with van der Waals surface area (Å²) in [5, 5.41) is 0.985. The molecule has 9 aromatic rings. The summed E-state index contributed by atoms with van der Waals surface area (Å²) in [4.78, 5) is 39.0. The summed E-state index contributed by atoms with van der Waals surface area (Å²) < 4.78 is 0. The van der Waals surface area contributed by atoms with E-state index >= 15 is 0 Å². The molecule has 0 atom stereocenters. The van der Waals surface area contributed by atoms with E-state index in [2.05, 4.69) is 35.3 Å². The standard InChI is InChI=1S/C44H28N8/c1-4-13-31(14-5-1)40-47-37(27-38(48-40)44-51-42(33-17-8-3-9-18-33)50-43(52-44)34-19-12-26-45-28-34)29-22-24-30(25-23-29)39-35-20-10-11-21-36(35)46-41(49-39)32-15-6-2-7-16-32/h1-28H. The van der Waals surface area contributed by atoms with Crippen molar-refractivity contribution in [3.63, 3.8) is 0 Å². The van der Waals surface area contributed by atoms with Gasteiger partial charge in [0.25, 0.3) is 0 Å². The minimum atomic E-state index is 0.436. The first kappa shape index (κ1) is 30.7. The maximum atomic E-state index is 5.05. The Balaban J connectivity index is 1.18. The van der Waals surface area contributed by atoms with Crippen LogP contribution in [0.3, 0.4) is 0 Å². The van der Waals surface area contributed by atoms with Gasteiger partial charge in [0.2, 0.25) is 0 Å². The van der Waals surface area contributed by atoms with E-state index < -0.39 is 0 Å². The third-order valence-corrected chi connectivity index (χ3v) is 8.66. The predicted octanol–water partition coefficient (Wildman–Crippen LogP) is 9.67. The summed E-state index contributed by atoms with van der Waals surface area (Å²) in [5.74, 6) is 2.74. The van der Waals surface area contributed by atoms with Crippen LogP contribution in [-0.2, 0) is 0 Å². The topological polar surface area (TPSA) is 103 Å². The van der Waals surface area contributed by atoms with Crippen LogP contribution in [0.1, 0.15) is 0 Å². The molecule has 0 unspecified atom stereocenters. The monoisotopic (exact) mass is 668 g/mol. The summed E-state index contributed by atoms with van der Waals surface area (Å²) in [6.07, 6.45) is 3.48. The van der Waals surface area contributed by atoms with Crippen LogP contribution in [0.15, 0.2) is 170 Å². The third-order valence-electron chi connectivity index (χ3n) is 8.66. The van der Waals surface area contributed by atoms with E-state index in [4.69, 9.17) is 34.9 Å². The molecule has 0 fully saturated rings. The number of rotatable bonds is 7. The number of para-hydroxylation sites is 1. The molecule has 0 saturated carbocycles. The lowest BCUT2D eigenvalue weighted by atomic mass is 10.0. The number of benzene rings is 5. The van der Waals surface area contributed by atoms with Gasteiger partial charge in [-0.2, -0.15) is 0 Å². The second-order valence-corrected chi connectivity index (χ2v) is 12.1. The van der Waals surface area contributed by atoms with Crippen molar-refractivity contribution in [3.05, 3.63) is 170 Å². The predicted molar refractivity (Wildman–Crippen MR) is 204 cm³/mol. The number of nitrogens with zero attached hydrogens (tertiary/aromatic N) is 8. The zero-order valence-corrected chi connectivity index (χ0v) is 27.7. The van der Waals surface area contributed by atoms with E-state index in [9.17, 15) is 0 Å². The Bertz CT molecular complexity index is 2590. The summed E-state index contributed by atoms with van der Waals surface area (Å²) >= 11 is 0. The molecule has 0 aliphatic rings. The molecule has 0 spiro atoms. The van der Waals surface area contributed by atoms with Gasteiger partial charge in [-0.3, -0.25) is 4.98 Å². The van der Waals surface area contributed by atoms with Crippen LogP contribution in [0, 0.1) is 0 Å². The van der Waals surface area contributed by atoms with Crippen LogP contribution in [0.4, 0.5) is 0 Å². The van der Waals surface area contributed by atoms with E-state index in [1.807, 2.05) is 127 Å². The first-order valence-electron chi connectivity index (χ1n) is 16.8. The van der Waals surface area contributed by atoms with Gasteiger partial charge in [-0.05, 0) is 24.3 Å². The maximum absolute atomic E-state index is 5.05. The lowest BCUT2D eigenvalue weighted by molar-refractivity contribution is 1.05. The molecule has 8 heteroatoms. The quantitative estimate of drug-likeness (QED) is 0.165. The molecular formula is C44H28N8.